The van der Waals surface area contributed by atoms with Crippen molar-refractivity contribution < 1.29 is 9.18 Å². The number of anilines is 1. The molecule has 1 aromatic rings. The average Bonchev–Trinajstić information content (AvgIpc) is 2.76. The number of hydrogen-bond acceptors (Lipinski definition) is 4. The van der Waals surface area contributed by atoms with Gasteiger partial charge < -0.3 is 4.90 Å². The van der Waals surface area contributed by atoms with E-state index in [2.05, 4.69) is 4.90 Å². The quantitative estimate of drug-likeness (QED) is 0.614. The minimum absolute atomic E-state index is 0.123. The molecule has 1 aromatic carbocycles. The lowest BCUT2D eigenvalue weighted by molar-refractivity contribution is -0.113. The van der Waals surface area contributed by atoms with Crippen LogP contribution in [0.2, 0.25) is 0 Å². The molecule has 21 heavy (non-hydrogen) atoms. The maximum atomic E-state index is 13.0. The second kappa shape index (κ2) is 6.15. The van der Waals surface area contributed by atoms with Gasteiger partial charge >= 0.3 is 0 Å². The van der Waals surface area contributed by atoms with Gasteiger partial charge in [-0.25, -0.2) is 4.39 Å². The number of nitrogens with zero attached hydrogens (tertiary/aromatic N) is 2. The van der Waals surface area contributed by atoms with Crippen LogP contribution in [-0.4, -0.2) is 28.2 Å². The Hall–Kier alpha value is -1.40. The molecule has 0 N–H and O–H groups in total. The molecule has 110 valence electrons. The first kappa shape index (κ1) is 14.5. The van der Waals surface area contributed by atoms with Crippen molar-refractivity contribution in [1.82, 2.24) is 4.90 Å². The lowest BCUT2D eigenvalue weighted by Crippen LogP contribution is -2.29. The molecular weight excluding hydrogens is 307 g/mol. The number of thiocarbonyl (C=S) groups is 1. The monoisotopic (exact) mass is 322 g/mol. The highest BCUT2D eigenvalue weighted by molar-refractivity contribution is 8.27. The minimum atomic E-state index is -0.326. The standard InChI is InChI=1S/C15H15FN2OS2/c16-11-4-6-12(7-5-11)18-14(19)13(21-15(18)20)10-17-8-2-1-3-9-17/h4-7,10H,1-3,8-9H2/b13-10+. The van der Waals surface area contributed by atoms with E-state index < -0.39 is 0 Å². The van der Waals surface area contributed by atoms with Gasteiger partial charge in [-0.3, -0.25) is 9.69 Å². The van der Waals surface area contributed by atoms with Crippen LogP contribution in [0.4, 0.5) is 10.1 Å². The number of rotatable bonds is 2. The Balaban J connectivity index is 1.81. The summed E-state index contributed by atoms with van der Waals surface area (Å²) in [6.07, 6.45) is 5.49. The largest absolute Gasteiger partial charge is 0.376 e. The van der Waals surface area contributed by atoms with Gasteiger partial charge in [0.05, 0.1) is 10.6 Å². The summed E-state index contributed by atoms with van der Waals surface area (Å²) in [5.41, 5.74) is 0.612. The van der Waals surface area contributed by atoms with Gasteiger partial charge in [0.2, 0.25) is 0 Å². The van der Waals surface area contributed by atoms with Crippen LogP contribution in [0.25, 0.3) is 0 Å². The van der Waals surface area contributed by atoms with Crippen LogP contribution < -0.4 is 4.90 Å². The first-order valence-corrected chi connectivity index (χ1v) is 8.15. The summed E-state index contributed by atoms with van der Waals surface area (Å²) in [4.78, 5) is 16.8. The predicted molar refractivity (Wildman–Crippen MR) is 87.6 cm³/mol. The number of halogens is 1. The molecule has 3 rings (SSSR count). The molecule has 0 spiro atoms. The van der Waals surface area contributed by atoms with Crippen LogP contribution in [0.1, 0.15) is 19.3 Å². The Labute approximate surface area is 132 Å². The molecule has 2 heterocycles. The lowest BCUT2D eigenvalue weighted by atomic mass is 10.1. The number of piperidine rings is 1. The van der Waals surface area contributed by atoms with Crippen LogP contribution >= 0.6 is 24.0 Å². The summed E-state index contributed by atoms with van der Waals surface area (Å²) < 4.78 is 13.5. The third-order valence-corrected chi connectivity index (χ3v) is 4.86. The van der Waals surface area contributed by atoms with Gasteiger partial charge in [-0.1, -0.05) is 24.0 Å². The lowest BCUT2D eigenvalue weighted by Gasteiger charge is -2.25. The van der Waals surface area contributed by atoms with Gasteiger partial charge in [0.25, 0.3) is 5.91 Å². The van der Waals surface area contributed by atoms with Gasteiger partial charge in [-0.15, -0.1) is 0 Å². The molecule has 0 atom stereocenters. The van der Waals surface area contributed by atoms with Gasteiger partial charge in [-0.05, 0) is 43.5 Å². The molecule has 1 amide bonds. The summed E-state index contributed by atoms with van der Waals surface area (Å²) in [5.74, 6) is -0.449. The molecule has 3 nitrogen and oxygen atoms in total. The van der Waals surface area contributed by atoms with Crippen molar-refractivity contribution in [3.63, 3.8) is 0 Å². The second-order valence-electron chi connectivity index (χ2n) is 5.07. The minimum Gasteiger partial charge on any atom is -0.376 e. The Bertz CT molecular complexity index is 594. The van der Waals surface area contributed by atoms with E-state index in [0.717, 1.165) is 25.9 Å². The molecule has 2 saturated heterocycles. The van der Waals surface area contributed by atoms with Gasteiger partial charge in [-0.2, -0.15) is 0 Å². The topological polar surface area (TPSA) is 23.6 Å². The fraction of sp³-hybridized carbons (Fsp3) is 0.333. The van der Waals surface area contributed by atoms with E-state index in [1.54, 1.807) is 12.1 Å². The smallest absolute Gasteiger partial charge is 0.272 e. The second-order valence-corrected chi connectivity index (χ2v) is 6.75. The van der Waals surface area contributed by atoms with Gasteiger partial charge in [0.15, 0.2) is 4.32 Å². The predicted octanol–water partition coefficient (Wildman–Crippen LogP) is 3.52. The summed E-state index contributed by atoms with van der Waals surface area (Å²) in [5, 5.41) is 0. The third-order valence-electron chi connectivity index (χ3n) is 3.57. The Morgan fingerprint density at radius 1 is 1.14 bits per heavy atom. The van der Waals surface area contributed by atoms with Crippen molar-refractivity contribution in [3.05, 3.63) is 41.2 Å². The zero-order valence-corrected chi connectivity index (χ0v) is 13.1. The molecule has 2 fully saturated rings. The molecule has 2 aliphatic rings. The summed E-state index contributed by atoms with van der Waals surface area (Å²) in [6.45, 7) is 1.97. The van der Waals surface area contributed by atoms with Crippen molar-refractivity contribution in [2.24, 2.45) is 0 Å². The molecule has 0 aromatic heterocycles. The van der Waals surface area contributed by atoms with Gasteiger partial charge in [0, 0.05) is 19.3 Å². The van der Waals surface area contributed by atoms with Crippen molar-refractivity contribution >= 4 is 39.9 Å². The molecular formula is C15H15FN2OS2. The van der Waals surface area contributed by atoms with E-state index in [-0.39, 0.29) is 11.7 Å². The van der Waals surface area contributed by atoms with E-state index in [1.165, 1.54) is 35.2 Å². The van der Waals surface area contributed by atoms with E-state index in [0.29, 0.717) is 14.9 Å². The summed E-state index contributed by atoms with van der Waals surface area (Å²) >= 11 is 6.60. The van der Waals surface area contributed by atoms with E-state index in [9.17, 15) is 9.18 Å². The fourth-order valence-corrected chi connectivity index (χ4v) is 3.79. The molecule has 0 aliphatic carbocycles. The molecule has 0 bridgehead atoms. The maximum Gasteiger partial charge on any atom is 0.272 e. The zero-order valence-electron chi connectivity index (χ0n) is 11.4. The number of hydrogen-bond donors (Lipinski definition) is 0. The first-order valence-electron chi connectivity index (χ1n) is 6.93. The molecule has 0 saturated carbocycles. The highest BCUT2D eigenvalue weighted by Gasteiger charge is 2.33. The van der Waals surface area contributed by atoms with Crippen LogP contribution in [0.15, 0.2) is 35.4 Å². The van der Waals surface area contributed by atoms with Crippen LogP contribution in [0.3, 0.4) is 0 Å². The number of thioether (sulfide) groups is 1. The Kier molecular flexibility index (Phi) is 4.26. The van der Waals surface area contributed by atoms with Crippen molar-refractivity contribution in [1.29, 1.82) is 0 Å². The number of carbonyl (C=O) groups is 1. The van der Waals surface area contributed by atoms with Crippen LogP contribution in [-0.2, 0) is 4.79 Å². The zero-order chi connectivity index (χ0) is 14.8. The first-order chi connectivity index (χ1) is 10.1. The SMILES string of the molecule is O=C1/C(=C\N2CCCCC2)SC(=S)N1c1ccc(F)cc1. The molecule has 0 radical (unpaired) electrons. The Morgan fingerprint density at radius 2 is 1.81 bits per heavy atom. The van der Waals surface area contributed by atoms with Crippen LogP contribution in [0.5, 0.6) is 0 Å². The molecule has 0 unspecified atom stereocenters. The normalized spacial score (nSPS) is 21.5. The van der Waals surface area contributed by atoms with E-state index >= 15 is 0 Å². The summed E-state index contributed by atoms with van der Waals surface area (Å²) in [6, 6.07) is 5.82. The van der Waals surface area contributed by atoms with Crippen molar-refractivity contribution in [2.75, 3.05) is 18.0 Å². The fourth-order valence-electron chi connectivity index (χ4n) is 2.48. The number of carbonyl (C=O) groups excluding carboxylic acids is 1. The van der Waals surface area contributed by atoms with Crippen molar-refractivity contribution in [2.45, 2.75) is 19.3 Å². The molecule has 6 heteroatoms. The van der Waals surface area contributed by atoms with E-state index in [1.807, 2.05) is 6.20 Å². The highest BCUT2D eigenvalue weighted by atomic mass is 32.2. The van der Waals surface area contributed by atoms with E-state index in [4.69, 9.17) is 12.2 Å². The number of amides is 1. The van der Waals surface area contributed by atoms with Crippen molar-refractivity contribution in [3.8, 4) is 0 Å². The highest BCUT2D eigenvalue weighted by Crippen LogP contribution is 2.35. The third kappa shape index (κ3) is 3.11. The average molecular weight is 322 g/mol. The Morgan fingerprint density at radius 3 is 2.48 bits per heavy atom. The maximum absolute atomic E-state index is 13.0. The number of likely N-dealkylation sites (tertiary alicyclic amines) is 1. The van der Waals surface area contributed by atoms with Gasteiger partial charge in [0.1, 0.15) is 5.82 Å². The number of benzene rings is 1. The summed E-state index contributed by atoms with van der Waals surface area (Å²) in [7, 11) is 0. The van der Waals surface area contributed by atoms with Crippen LogP contribution in [0, 0.1) is 5.82 Å². The molecule has 2 aliphatic heterocycles.